The lowest BCUT2D eigenvalue weighted by molar-refractivity contribution is -0.0140. The van der Waals surface area contributed by atoms with Crippen molar-refractivity contribution in [1.82, 2.24) is 38.5 Å². The summed E-state index contributed by atoms with van der Waals surface area (Å²) in [6.07, 6.45) is 5.01. The first kappa shape index (κ1) is 32.0. The number of hydrogen-bond donors (Lipinski definition) is 2. The number of hydrogen-bond acceptors (Lipinski definition) is 9. The van der Waals surface area contributed by atoms with Crippen LogP contribution >= 0.6 is 22.9 Å². The maximum absolute atomic E-state index is 14.1. The molecule has 7 rings (SSSR count). The van der Waals surface area contributed by atoms with E-state index in [0.717, 1.165) is 12.3 Å². The molecule has 2 saturated heterocycles. The summed E-state index contributed by atoms with van der Waals surface area (Å²) in [4.78, 5) is 11.2. The lowest BCUT2D eigenvalue weighted by Gasteiger charge is -2.36. The zero-order valence-electron chi connectivity index (χ0n) is 24.8. The predicted octanol–water partition coefficient (Wildman–Crippen LogP) is 4.07. The van der Waals surface area contributed by atoms with Gasteiger partial charge in [0.1, 0.15) is 17.5 Å². The molecule has 3 aliphatic rings. The maximum atomic E-state index is 14.1. The van der Waals surface area contributed by atoms with E-state index in [9.17, 15) is 26.7 Å². The second-order valence-corrected chi connectivity index (χ2v) is 14.6. The summed E-state index contributed by atoms with van der Waals surface area (Å²) in [5, 5.41) is 22.0. The van der Waals surface area contributed by atoms with E-state index in [1.807, 2.05) is 4.90 Å². The number of nitrogens with zero attached hydrogens (tertiary/aromatic N) is 8. The van der Waals surface area contributed by atoms with Crippen molar-refractivity contribution in [2.75, 3.05) is 19.6 Å². The molecular weight excluding hydrogens is 679 g/mol. The van der Waals surface area contributed by atoms with E-state index in [0.29, 0.717) is 38.1 Å². The van der Waals surface area contributed by atoms with E-state index in [1.165, 1.54) is 33.8 Å². The fourth-order valence-corrected chi connectivity index (χ4v) is 8.64. The monoisotopic (exact) mass is 707 g/mol. The predicted molar refractivity (Wildman–Crippen MR) is 168 cm³/mol. The van der Waals surface area contributed by atoms with Crippen molar-refractivity contribution in [1.29, 1.82) is 0 Å². The number of aliphatic imine (C=N–C) groups is 1. The van der Waals surface area contributed by atoms with Crippen molar-refractivity contribution in [3.05, 3.63) is 92.8 Å². The zero-order chi connectivity index (χ0) is 33.1. The summed E-state index contributed by atoms with van der Waals surface area (Å²) >= 11 is 7.85. The van der Waals surface area contributed by atoms with Crippen LogP contribution in [-0.2, 0) is 22.9 Å². The highest BCUT2D eigenvalue weighted by atomic mass is 35.5. The van der Waals surface area contributed by atoms with Gasteiger partial charge in [-0.15, -0.1) is 11.3 Å². The average molecular weight is 708 g/mol. The molecule has 1 aromatic carbocycles. The van der Waals surface area contributed by atoms with Crippen LogP contribution in [0.1, 0.15) is 53.8 Å². The molecule has 3 aliphatic heterocycles. The van der Waals surface area contributed by atoms with E-state index >= 15 is 0 Å². The number of fused-ring (bicyclic) bond motifs is 1. The molecule has 12 nitrogen and oxygen atoms in total. The van der Waals surface area contributed by atoms with Crippen LogP contribution in [0.3, 0.4) is 0 Å². The Morgan fingerprint density at radius 2 is 1.94 bits per heavy atom. The molecule has 47 heavy (non-hydrogen) atoms. The number of aryl methyl sites for hydroxylation is 1. The summed E-state index contributed by atoms with van der Waals surface area (Å²) in [7, 11) is -2.26. The van der Waals surface area contributed by atoms with Gasteiger partial charge in [0.05, 0.1) is 11.4 Å². The Balaban J connectivity index is 1.23. The minimum absolute atomic E-state index is 0.0782. The molecule has 2 atom stereocenters. The number of piperidine rings is 1. The molecule has 3 aromatic heterocycles. The molecule has 0 bridgehead atoms. The Morgan fingerprint density at radius 1 is 1.15 bits per heavy atom. The molecule has 0 amide bonds. The first-order valence-electron chi connectivity index (χ1n) is 14.7. The van der Waals surface area contributed by atoms with Gasteiger partial charge in [0.25, 0.3) is 10.2 Å². The third-order valence-corrected chi connectivity index (χ3v) is 11.4. The first-order chi connectivity index (χ1) is 22.4. The summed E-state index contributed by atoms with van der Waals surface area (Å²) < 4.78 is 75.0. The molecule has 0 saturated carbocycles. The van der Waals surface area contributed by atoms with Gasteiger partial charge < -0.3 is 10.0 Å². The van der Waals surface area contributed by atoms with Crippen molar-refractivity contribution < 1.29 is 26.7 Å². The largest absolute Gasteiger partial charge is 0.383 e. The number of alkyl halides is 2. The summed E-state index contributed by atoms with van der Waals surface area (Å²) in [5.74, 6) is -0.111. The van der Waals surface area contributed by atoms with Gasteiger partial charge in [-0.25, -0.2) is 14.1 Å². The van der Waals surface area contributed by atoms with Gasteiger partial charge in [0.15, 0.2) is 10.8 Å². The van der Waals surface area contributed by atoms with Gasteiger partial charge in [-0.1, -0.05) is 17.7 Å². The number of aliphatic hydroxyl groups is 1. The van der Waals surface area contributed by atoms with E-state index in [1.54, 1.807) is 35.6 Å². The maximum Gasteiger partial charge on any atom is 0.333 e. The number of halogens is 4. The molecule has 0 radical (unpaired) electrons. The average Bonchev–Trinajstić information content (AvgIpc) is 3.84. The number of rotatable bonds is 8. The summed E-state index contributed by atoms with van der Waals surface area (Å²) in [6.45, 7) is -2.56. The van der Waals surface area contributed by atoms with Crippen molar-refractivity contribution in [2.45, 2.75) is 43.5 Å². The number of nitrogens with one attached hydrogen (secondary N) is 1. The van der Waals surface area contributed by atoms with E-state index in [-0.39, 0.29) is 49.6 Å². The first-order valence-corrected chi connectivity index (χ1v) is 17.4. The third kappa shape index (κ3) is 6.00. The third-order valence-electron chi connectivity index (χ3n) is 8.62. The molecule has 0 unspecified atom stereocenters. The normalized spacial score (nSPS) is 21.9. The van der Waals surface area contributed by atoms with Crippen LogP contribution < -0.4 is 4.72 Å². The fourth-order valence-electron chi connectivity index (χ4n) is 6.33. The lowest BCUT2D eigenvalue weighted by atomic mass is 9.89. The van der Waals surface area contributed by atoms with Crippen LogP contribution in [0.15, 0.2) is 65.0 Å². The van der Waals surface area contributed by atoms with Crippen molar-refractivity contribution >= 4 is 44.6 Å². The minimum Gasteiger partial charge on any atom is -0.383 e. The van der Waals surface area contributed by atoms with Gasteiger partial charge in [-0.3, -0.25) is 9.67 Å². The number of amidine groups is 1. The highest BCUT2D eigenvalue weighted by molar-refractivity contribution is 7.87. The molecule has 248 valence electrons. The number of thiazole rings is 1. The Labute approximate surface area is 277 Å². The molecule has 4 aromatic rings. The van der Waals surface area contributed by atoms with Gasteiger partial charge in [0.2, 0.25) is 0 Å². The van der Waals surface area contributed by atoms with Crippen LogP contribution in [0.5, 0.6) is 0 Å². The standard InChI is InChI=1S/C29H29ClF3N9O3S2/c1-39-9-5-23(37-39)29(43)6-11-40(12-7-29)47(44,45)38-18-15-22-24(21-4-10-42(36-21)28(32)33)25(19-3-2-17(31)14-20(19)30)35-26(41(22)16-18)27-34-8-13-46-27/h2-5,8-10,13-14,18,25,28,38,43H,6-7,11-12,15-16H2,1H3/t18-,25-/m0/s1. The quantitative estimate of drug-likeness (QED) is 0.282. The van der Waals surface area contributed by atoms with Crippen LogP contribution in [-0.4, -0.2) is 78.8 Å². The van der Waals surface area contributed by atoms with Gasteiger partial charge in [-0.05, 0) is 37.1 Å². The van der Waals surface area contributed by atoms with E-state index < -0.39 is 40.3 Å². The fraction of sp³-hybridized carbons (Fsp3) is 0.379. The van der Waals surface area contributed by atoms with E-state index in [2.05, 4.69) is 19.9 Å². The van der Waals surface area contributed by atoms with Crippen molar-refractivity contribution in [2.24, 2.45) is 12.0 Å². The molecule has 0 aliphatic carbocycles. The SMILES string of the molecule is Cn1ccc(C2(O)CCN(S(=O)(=O)N[C@H]3CC4=C(c5ccn(C(F)F)n5)[C@H](c5ccc(F)cc5Cl)N=C(c5nccs5)N4C3)CC2)n1. The Morgan fingerprint density at radius 3 is 2.57 bits per heavy atom. The topological polar surface area (TPSA) is 134 Å². The molecule has 2 N–H and O–H groups in total. The van der Waals surface area contributed by atoms with Crippen LogP contribution in [0, 0.1) is 5.82 Å². The van der Waals surface area contributed by atoms with Crippen molar-refractivity contribution in [3.63, 3.8) is 0 Å². The molecule has 18 heteroatoms. The summed E-state index contributed by atoms with van der Waals surface area (Å²) in [5.41, 5.74) is 0.929. The zero-order valence-corrected chi connectivity index (χ0v) is 27.2. The number of aromatic nitrogens is 5. The van der Waals surface area contributed by atoms with Gasteiger partial charge in [-0.2, -0.15) is 36.4 Å². The Bertz CT molecular complexity index is 1970. The smallest absolute Gasteiger partial charge is 0.333 e. The highest BCUT2D eigenvalue weighted by Gasteiger charge is 2.44. The minimum atomic E-state index is -4.01. The van der Waals surface area contributed by atoms with Crippen LogP contribution in [0.2, 0.25) is 5.02 Å². The second-order valence-electron chi connectivity index (χ2n) is 11.6. The molecule has 2 fully saturated rings. The van der Waals surface area contributed by atoms with E-state index in [4.69, 9.17) is 16.6 Å². The number of benzene rings is 1. The van der Waals surface area contributed by atoms with Crippen LogP contribution in [0.25, 0.3) is 5.57 Å². The van der Waals surface area contributed by atoms with Gasteiger partial charge >= 0.3 is 6.55 Å². The van der Waals surface area contributed by atoms with Crippen molar-refractivity contribution in [3.8, 4) is 0 Å². The Kier molecular flexibility index (Phi) is 8.25. The molecular formula is C29H29ClF3N9O3S2. The lowest BCUT2D eigenvalue weighted by Crippen LogP contribution is -2.51. The molecule has 0 spiro atoms. The van der Waals surface area contributed by atoms with Gasteiger partial charge in [0, 0.05) is 85.0 Å². The summed E-state index contributed by atoms with van der Waals surface area (Å²) in [6, 6.07) is 5.52. The Hall–Kier alpha value is -3.61. The highest BCUT2D eigenvalue weighted by Crippen LogP contribution is 2.46. The second kappa shape index (κ2) is 12.1. The molecule has 6 heterocycles. The van der Waals surface area contributed by atoms with Crippen LogP contribution in [0.4, 0.5) is 13.2 Å².